The second-order valence-corrected chi connectivity index (χ2v) is 12.7. The van der Waals surface area contributed by atoms with Crippen molar-refractivity contribution in [2.75, 3.05) is 24.7 Å². The van der Waals surface area contributed by atoms with Crippen LogP contribution in [0.25, 0.3) is 0 Å². The number of carboxylic acid groups (broad SMARTS) is 1. The molecular formula is C29H54O6S. The maximum absolute atomic E-state index is 12.8. The molecule has 0 amide bonds. The second kappa shape index (κ2) is 18.9. The summed E-state index contributed by atoms with van der Waals surface area (Å²) in [7, 11) is 0. The molecule has 0 aromatic rings. The standard InChI is InChI=1S/C29H54O6S/c1-8-10-15-19-36-20-16-13-12-14-18-35-27(33)29(6,7)22-24(25(30)31)28(4,5)21-23(3)26(32)34-17-11-9-2/h23-24H,8-22H2,1-7H3,(H,30,31). The molecule has 0 saturated heterocycles. The lowest BCUT2D eigenvalue weighted by molar-refractivity contribution is -0.160. The minimum Gasteiger partial charge on any atom is -0.481 e. The van der Waals surface area contributed by atoms with Crippen molar-refractivity contribution in [3.8, 4) is 0 Å². The second-order valence-electron chi connectivity index (χ2n) is 11.5. The Morgan fingerprint density at radius 3 is 1.92 bits per heavy atom. The van der Waals surface area contributed by atoms with Gasteiger partial charge in [0, 0.05) is 0 Å². The Morgan fingerprint density at radius 2 is 1.33 bits per heavy atom. The molecule has 6 nitrogen and oxygen atoms in total. The molecule has 0 fully saturated rings. The van der Waals surface area contributed by atoms with E-state index in [1.807, 2.05) is 32.5 Å². The zero-order valence-electron chi connectivity index (χ0n) is 24.2. The molecular weight excluding hydrogens is 476 g/mol. The first-order valence-corrected chi connectivity index (χ1v) is 15.2. The fourth-order valence-corrected chi connectivity index (χ4v) is 5.36. The number of carbonyl (C=O) groups excluding carboxylic acids is 2. The van der Waals surface area contributed by atoms with Crippen molar-refractivity contribution in [3.05, 3.63) is 0 Å². The predicted octanol–water partition coefficient (Wildman–Crippen LogP) is 7.53. The molecule has 2 unspecified atom stereocenters. The molecule has 7 heteroatoms. The van der Waals surface area contributed by atoms with E-state index >= 15 is 0 Å². The van der Waals surface area contributed by atoms with E-state index in [1.165, 1.54) is 37.2 Å². The molecule has 0 bridgehead atoms. The van der Waals surface area contributed by atoms with E-state index in [0.29, 0.717) is 19.6 Å². The fourth-order valence-electron chi connectivity index (χ4n) is 4.34. The van der Waals surface area contributed by atoms with Crippen LogP contribution < -0.4 is 0 Å². The third-order valence-corrected chi connectivity index (χ3v) is 7.95. The molecule has 0 aliphatic heterocycles. The van der Waals surface area contributed by atoms with Gasteiger partial charge in [-0.25, -0.2) is 0 Å². The lowest BCUT2D eigenvalue weighted by atomic mass is 9.67. The van der Waals surface area contributed by atoms with E-state index in [9.17, 15) is 19.5 Å². The van der Waals surface area contributed by atoms with E-state index in [-0.39, 0.29) is 18.4 Å². The number of esters is 2. The topological polar surface area (TPSA) is 89.9 Å². The number of hydrogen-bond acceptors (Lipinski definition) is 6. The predicted molar refractivity (Wildman–Crippen MR) is 149 cm³/mol. The van der Waals surface area contributed by atoms with Crippen molar-refractivity contribution in [2.24, 2.45) is 22.7 Å². The van der Waals surface area contributed by atoms with Crippen molar-refractivity contribution < 1.29 is 29.0 Å². The van der Waals surface area contributed by atoms with Gasteiger partial charge in [0.05, 0.1) is 30.5 Å². The van der Waals surface area contributed by atoms with Gasteiger partial charge in [0.15, 0.2) is 0 Å². The highest BCUT2D eigenvalue weighted by Gasteiger charge is 2.43. The molecule has 0 aromatic heterocycles. The number of hydrogen-bond donors (Lipinski definition) is 1. The number of carbonyl (C=O) groups is 3. The summed E-state index contributed by atoms with van der Waals surface area (Å²) < 4.78 is 10.8. The minimum atomic E-state index is -0.958. The number of unbranched alkanes of at least 4 members (excludes halogenated alkanes) is 6. The van der Waals surface area contributed by atoms with E-state index in [0.717, 1.165) is 32.1 Å². The molecule has 0 rings (SSSR count). The Labute approximate surface area is 225 Å². The Kier molecular flexibility index (Phi) is 18.3. The normalized spacial score (nSPS) is 13.8. The molecule has 0 aliphatic rings. The Morgan fingerprint density at radius 1 is 0.778 bits per heavy atom. The van der Waals surface area contributed by atoms with Crippen LogP contribution in [0, 0.1) is 22.7 Å². The molecule has 212 valence electrons. The highest BCUT2D eigenvalue weighted by atomic mass is 32.2. The van der Waals surface area contributed by atoms with Crippen molar-refractivity contribution in [3.63, 3.8) is 0 Å². The maximum Gasteiger partial charge on any atom is 0.311 e. The number of rotatable bonds is 22. The van der Waals surface area contributed by atoms with Gasteiger partial charge in [0.1, 0.15) is 0 Å². The smallest absolute Gasteiger partial charge is 0.311 e. The van der Waals surface area contributed by atoms with Gasteiger partial charge < -0.3 is 14.6 Å². The van der Waals surface area contributed by atoms with Gasteiger partial charge in [-0.15, -0.1) is 0 Å². The quantitative estimate of drug-likeness (QED) is 0.114. The fraction of sp³-hybridized carbons (Fsp3) is 0.897. The van der Waals surface area contributed by atoms with E-state index in [4.69, 9.17) is 9.47 Å². The largest absolute Gasteiger partial charge is 0.481 e. The molecule has 0 saturated carbocycles. The van der Waals surface area contributed by atoms with Crippen molar-refractivity contribution in [1.82, 2.24) is 0 Å². The molecule has 36 heavy (non-hydrogen) atoms. The Balaban J connectivity index is 4.57. The summed E-state index contributed by atoms with van der Waals surface area (Å²) in [4.78, 5) is 37.3. The third-order valence-electron chi connectivity index (χ3n) is 6.79. The van der Waals surface area contributed by atoms with Gasteiger partial charge in [-0.3, -0.25) is 14.4 Å². The van der Waals surface area contributed by atoms with Crippen LogP contribution in [-0.4, -0.2) is 47.7 Å². The average molecular weight is 531 g/mol. The van der Waals surface area contributed by atoms with Crippen LogP contribution in [0.1, 0.15) is 119 Å². The highest BCUT2D eigenvalue weighted by molar-refractivity contribution is 7.99. The van der Waals surface area contributed by atoms with Gasteiger partial charge in [-0.2, -0.15) is 11.8 Å². The maximum atomic E-state index is 12.8. The SMILES string of the molecule is CCCCCSCCCCCCOC(=O)C(C)(C)CC(C(=O)O)C(C)(C)CC(C)C(=O)OCCCC. The molecule has 0 aromatic carbocycles. The highest BCUT2D eigenvalue weighted by Crippen LogP contribution is 2.41. The summed E-state index contributed by atoms with van der Waals surface area (Å²) in [6.07, 6.45) is 10.3. The third kappa shape index (κ3) is 15.1. The first-order valence-electron chi connectivity index (χ1n) is 14.0. The zero-order chi connectivity index (χ0) is 27.6. The lowest BCUT2D eigenvalue weighted by Crippen LogP contribution is -2.40. The number of carboxylic acids is 1. The molecule has 2 atom stereocenters. The van der Waals surface area contributed by atoms with Gasteiger partial charge in [0.25, 0.3) is 0 Å². The summed E-state index contributed by atoms with van der Waals surface area (Å²) >= 11 is 2.03. The van der Waals surface area contributed by atoms with Gasteiger partial charge in [0.2, 0.25) is 0 Å². The van der Waals surface area contributed by atoms with Crippen molar-refractivity contribution >= 4 is 29.7 Å². The molecule has 0 aliphatic carbocycles. The minimum absolute atomic E-state index is 0.154. The first kappa shape index (κ1) is 34.8. The summed E-state index contributed by atoms with van der Waals surface area (Å²) in [5.74, 6) is -0.379. The first-order chi connectivity index (χ1) is 16.9. The van der Waals surface area contributed by atoms with Crippen LogP contribution in [-0.2, 0) is 23.9 Å². The lowest BCUT2D eigenvalue weighted by Gasteiger charge is -2.37. The number of ether oxygens (including phenoxy) is 2. The molecule has 0 heterocycles. The van der Waals surface area contributed by atoms with Gasteiger partial charge >= 0.3 is 17.9 Å². The summed E-state index contributed by atoms with van der Waals surface area (Å²) in [5, 5.41) is 9.99. The van der Waals surface area contributed by atoms with Crippen LogP contribution in [0.4, 0.5) is 0 Å². The molecule has 1 N–H and O–H groups in total. The van der Waals surface area contributed by atoms with Gasteiger partial charge in [-0.05, 0) is 69.3 Å². The number of aliphatic carboxylic acids is 1. The average Bonchev–Trinajstić information content (AvgIpc) is 2.80. The van der Waals surface area contributed by atoms with Crippen LogP contribution in [0.15, 0.2) is 0 Å². The van der Waals surface area contributed by atoms with Gasteiger partial charge in [-0.1, -0.05) is 66.7 Å². The van der Waals surface area contributed by atoms with E-state index in [2.05, 4.69) is 6.92 Å². The summed E-state index contributed by atoms with van der Waals surface area (Å²) in [6, 6.07) is 0. The summed E-state index contributed by atoms with van der Waals surface area (Å²) in [5.41, 5.74) is -1.62. The summed E-state index contributed by atoms with van der Waals surface area (Å²) in [6.45, 7) is 14.0. The monoisotopic (exact) mass is 530 g/mol. The van der Waals surface area contributed by atoms with Crippen LogP contribution in [0.3, 0.4) is 0 Å². The van der Waals surface area contributed by atoms with Crippen molar-refractivity contribution in [2.45, 2.75) is 119 Å². The Bertz CT molecular complexity index is 631. The van der Waals surface area contributed by atoms with Crippen LogP contribution in [0.5, 0.6) is 0 Å². The zero-order valence-corrected chi connectivity index (χ0v) is 25.0. The van der Waals surface area contributed by atoms with Crippen LogP contribution >= 0.6 is 11.8 Å². The molecule has 0 radical (unpaired) electrons. The van der Waals surface area contributed by atoms with E-state index in [1.54, 1.807) is 20.8 Å². The van der Waals surface area contributed by atoms with Crippen LogP contribution in [0.2, 0.25) is 0 Å². The van der Waals surface area contributed by atoms with E-state index < -0.39 is 28.6 Å². The Hall–Kier alpha value is -1.24. The molecule has 0 spiro atoms. The van der Waals surface area contributed by atoms with Crippen molar-refractivity contribution in [1.29, 1.82) is 0 Å². The number of thioether (sulfide) groups is 1.